The van der Waals surface area contributed by atoms with Gasteiger partial charge in [-0.3, -0.25) is 14.6 Å². The first-order valence-corrected chi connectivity index (χ1v) is 11.0. The number of piperidine rings is 2. The van der Waals surface area contributed by atoms with Crippen molar-refractivity contribution < 1.29 is 4.79 Å². The molecule has 1 aromatic rings. The minimum absolute atomic E-state index is 0.381. The maximum Gasteiger partial charge on any atom is 0.222 e. The second kappa shape index (κ2) is 8.19. The highest BCUT2D eigenvalue weighted by atomic mass is 32.1. The van der Waals surface area contributed by atoms with Crippen LogP contribution in [0.3, 0.4) is 0 Å². The molecule has 4 heterocycles. The molecule has 4 nitrogen and oxygen atoms in total. The van der Waals surface area contributed by atoms with Gasteiger partial charge in [0.25, 0.3) is 0 Å². The fourth-order valence-corrected chi connectivity index (χ4v) is 5.59. The maximum absolute atomic E-state index is 12.0. The highest BCUT2D eigenvalue weighted by Crippen LogP contribution is 2.25. The number of carbonyl (C=O) groups is 1. The molecule has 138 valence electrons. The number of carbonyl (C=O) groups excluding carboxylic acids is 1. The maximum atomic E-state index is 12.0. The van der Waals surface area contributed by atoms with E-state index in [1.165, 1.54) is 62.2 Å². The molecule has 0 saturated carbocycles. The zero-order chi connectivity index (χ0) is 17.1. The molecule has 3 saturated heterocycles. The molecule has 1 atom stereocenters. The summed E-state index contributed by atoms with van der Waals surface area (Å²) in [5.74, 6) is 0.381. The Labute approximate surface area is 155 Å². The van der Waals surface area contributed by atoms with Gasteiger partial charge in [-0.25, -0.2) is 0 Å². The van der Waals surface area contributed by atoms with E-state index in [9.17, 15) is 4.79 Å². The molecule has 1 amide bonds. The molecule has 5 heteroatoms. The Morgan fingerprint density at radius 3 is 2.60 bits per heavy atom. The average molecular weight is 362 g/mol. The Balaban J connectivity index is 1.30. The van der Waals surface area contributed by atoms with Gasteiger partial charge in [-0.05, 0) is 68.7 Å². The standard InChI is InChI=1S/C20H31N3OS/c24-20-7-5-11-23(20)18-6-4-10-22(14-18)15-19-12-17(16-25-19)13-21-8-2-1-3-9-21/h12,16,18H,1-11,13-15H2/t18-/m0/s1. The molecule has 4 rings (SSSR count). The lowest BCUT2D eigenvalue weighted by atomic mass is 10.0. The van der Waals surface area contributed by atoms with Gasteiger partial charge in [-0.15, -0.1) is 11.3 Å². The van der Waals surface area contributed by atoms with E-state index in [0.29, 0.717) is 11.9 Å². The van der Waals surface area contributed by atoms with Crippen LogP contribution in [0.2, 0.25) is 0 Å². The number of likely N-dealkylation sites (tertiary alicyclic amines) is 3. The van der Waals surface area contributed by atoms with Crippen molar-refractivity contribution in [2.45, 2.75) is 64.1 Å². The molecule has 3 aliphatic heterocycles. The molecule has 0 radical (unpaired) electrons. The highest BCUT2D eigenvalue weighted by Gasteiger charge is 2.31. The van der Waals surface area contributed by atoms with Crippen molar-refractivity contribution >= 4 is 17.2 Å². The van der Waals surface area contributed by atoms with Gasteiger partial charge in [0, 0.05) is 43.5 Å². The lowest BCUT2D eigenvalue weighted by Gasteiger charge is -2.37. The molecule has 0 spiro atoms. The van der Waals surface area contributed by atoms with E-state index in [4.69, 9.17) is 0 Å². The summed E-state index contributed by atoms with van der Waals surface area (Å²) >= 11 is 1.92. The molecule has 3 fully saturated rings. The fraction of sp³-hybridized carbons (Fsp3) is 0.750. The van der Waals surface area contributed by atoms with Crippen LogP contribution in [-0.2, 0) is 17.9 Å². The summed E-state index contributed by atoms with van der Waals surface area (Å²) in [6.45, 7) is 7.94. The largest absolute Gasteiger partial charge is 0.338 e. The van der Waals surface area contributed by atoms with Crippen molar-refractivity contribution in [2.24, 2.45) is 0 Å². The van der Waals surface area contributed by atoms with Crippen LogP contribution in [0.5, 0.6) is 0 Å². The number of rotatable bonds is 5. The van der Waals surface area contributed by atoms with E-state index in [1.807, 2.05) is 11.3 Å². The van der Waals surface area contributed by atoms with Gasteiger partial charge < -0.3 is 4.90 Å². The van der Waals surface area contributed by atoms with Crippen molar-refractivity contribution in [1.82, 2.24) is 14.7 Å². The van der Waals surface area contributed by atoms with Crippen molar-refractivity contribution in [2.75, 3.05) is 32.7 Å². The molecule has 3 aliphatic rings. The number of nitrogens with zero attached hydrogens (tertiary/aromatic N) is 3. The van der Waals surface area contributed by atoms with E-state index in [-0.39, 0.29) is 0 Å². The quantitative estimate of drug-likeness (QED) is 0.805. The van der Waals surface area contributed by atoms with E-state index in [1.54, 1.807) is 0 Å². The van der Waals surface area contributed by atoms with Gasteiger partial charge >= 0.3 is 0 Å². The van der Waals surface area contributed by atoms with Crippen LogP contribution in [0, 0.1) is 0 Å². The van der Waals surface area contributed by atoms with Gasteiger partial charge in [-0.2, -0.15) is 0 Å². The lowest BCUT2D eigenvalue weighted by Crippen LogP contribution is -2.47. The van der Waals surface area contributed by atoms with Crippen molar-refractivity contribution in [1.29, 1.82) is 0 Å². The lowest BCUT2D eigenvalue weighted by molar-refractivity contribution is -0.130. The third-order valence-electron chi connectivity index (χ3n) is 5.97. The van der Waals surface area contributed by atoms with Gasteiger partial charge in [-0.1, -0.05) is 6.42 Å². The van der Waals surface area contributed by atoms with E-state index < -0.39 is 0 Å². The summed E-state index contributed by atoms with van der Waals surface area (Å²) in [5, 5.41) is 2.36. The van der Waals surface area contributed by atoms with Gasteiger partial charge in [0.2, 0.25) is 5.91 Å². The first-order chi connectivity index (χ1) is 12.3. The summed E-state index contributed by atoms with van der Waals surface area (Å²) in [6, 6.07) is 2.88. The summed E-state index contributed by atoms with van der Waals surface area (Å²) in [7, 11) is 0. The van der Waals surface area contributed by atoms with E-state index in [0.717, 1.165) is 39.0 Å². The molecule has 25 heavy (non-hydrogen) atoms. The molecule has 0 bridgehead atoms. The Morgan fingerprint density at radius 2 is 1.80 bits per heavy atom. The second-order valence-corrected chi connectivity index (χ2v) is 8.98. The molecule has 0 aromatic carbocycles. The van der Waals surface area contributed by atoms with E-state index in [2.05, 4.69) is 26.1 Å². The summed E-state index contributed by atoms with van der Waals surface area (Å²) in [6.07, 6.45) is 8.36. The first kappa shape index (κ1) is 17.5. The van der Waals surface area contributed by atoms with Gasteiger partial charge in [0.15, 0.2) is 0 Å². The number of amides is 1. The third kappa shape index (κ3) is 4.44. The molecule has 0 unspecified atom stereocenters. The Morgan fingerprint density at radius 1 is 0.960 bits per heavy atom. The van der Waals surface area contributed by atoms with E-state index >= 15 is 0 Å². The van der Waals surface area contributed by atoms with Crippen LogP contribution in [-0.4, -0.2) is 59.4 Å². The van der Waals surface area contributed by atoms with Gasteiger partial charge in [0.05, 0.1) is 0 Å². The Kier molecular flexibility index (Phi) is 5.73. The summed E-state index contributed by atoms with van der Waals surface area (Å²) in [5.41, 5.74) is 1.49. The zero-order valence-electron chi connectivity index (χ0n) is 15.3. The predicted molar refractivity (Wildman–Crippen MR) is 103 cm³/mol. The number of hydrogen-bond donors (Lipinski definition) is 0. The number of hydrogen-bond acceptors (Lipinski definition) is 4. The summed E-state index contributed by atoms with van der Waals surface area (Å²) in [4.78, 5) is 20.8. The fourth-order valence-electron chi connectivity index (χ4n) is 4.67. The normalized spacial score (nSPS) is 26.5. The van der Waals surface area contributed by atoms with Crippen LogP contribution >= 0.6 is 11.3 Å². The molecule has 0 aliphatic carbocycles. The smallest absolute Gasteiger partial charge is 0.222 e. The Bertz CT molecular complexity index is 581. The Hall–Kier alpha value is -0.910. The monoisotopic (exact) mass is 361 g/mol. The third-order valence-corrected chi connectivity index (χ3v) is 6.94. The molecule has 1 aromatic heterocycles. The SMILES string of the molecule is O=C1CCCN1[C@H]1CCCN(Cc2cc(CN3CCCCC3)cs2)C1. The van der Waals surface area contributed by atoms with Crippen molar-refractivity contribution in [3.63, 3.8) is 0 Å². The molecule has 0 N–H and O–H groups in total. The highest BCUT2D eigenvalue weighted by molar-refractivity contribution is 7.10. The second-order valence-electron chi connectivity index (χ2n) is 7.98. The number of thiophene rings is 1. The summed E-state index contributed by atoms with van der Waals surface area (Å²) < 4.78 is 0. The van der Waals surface area contributed by atoms with Crippen LogP contribution in [0.1, 0.15) is 55.4 Å². The predicted octanol–water partition coefficient (Wildman–Crippen LogP) is 3.32. The molecular formula is C20H31N3OS. The first-order valence-electron chi connectivity index (χ1n) is 10.1. The van der Waals surface area contributed by atoms with Crippen LogP contribution in [0.25, 0.3) is 0 Å². The zero-order valence-corrected chi connectivity index (χ0v) is 16.1. The van der Waals surface area contributed by atoms with Crippen molar-refractivity contribution in [3.8, 4) is 0 Å². The molecular weight excluding hydrogens is 330 g/mol. The minimum atomic E-state index is 0.381. The van der Waals surface area contributed by atoms with Crippen LogP contribution < -0.4 is 0 Å². The van der Waals surface area contributed by atoms with Crippen LogP contribution in [0.4, 0.5) is 0 Å². The average Bonchev–Trinajstić information content (AvgIpc) is 3.25. The van der Waals surface area contributed by atoms with Gasteiger partial charge in [0.1, 0.15) is 0 Å². The van der Waals surface area contributed by atoms with Crippen LogP contribution in [0.15, 0.2) is 11.4 Å². The minimum Gasteiger partial charge on any atom is -0.338 e. The topological polar surface area (TPSA) is 26.8 Å². The van der Waals surface area contributed by atoms with Crippen molar-refractivity contribution in [3.05, 3.63) is 21.9 Å².